The Balaban J connectivity index is 1.98. The number of rotatable bonds is 3. The number of halogens is 1. The highest BCUT2D eigenvalue weighted by Crippen LogP contribution is 2.13. The molecule has 0 radical (unpaired) electrons. The normalized spacial score (nSPS) is 10.2. The lowest BCUT2D eigenvalue weighted by Gasteiger charge is -2.05. The summed E-state index contributed by atoms with van der Waals surface area (Å²) >= 11 is 5.75. The topological polar surface area (TPSA) is 59.8 Å². The minimum Gasteiger partial charge on any atom is -0.324 e. The zero-order chi connectivity index (χ0) is 12.3. The van der Waals surface area contributed by atoms with E-state index in [2.05, 4.69) is 15.6 Å². The lowest BCUT2D eigenvalue weighted by molar-refractivity contribution is -0.117. The second-order valence-electron chi connectivity index (χ2n) is 3.59. The molecule has 0 aliphatic rings. The number of hydrogen-bond acceptors (Lipinski definition) is 3. The van der Waals surface area contributed by atoms with Crippen molar-refractivity contribution in [1.29, 1.82) is 0 Å². The number of aromatic nitrogens is 3. The molecule has 2 aromatic rings. The van der Waals surface area contributed by atoms with Gasteiger partial charge in [-0.15, -0.1) is 5.10 Å². The van der Waals surface area contributed by atoms with E-state index in [1.807, 2.05) is 6.92 Å². The molecule has 0 saturated carbocycles. The first kappa shape index (κ1) is 11.6. The van der Waals surface area contributed by atoms with Gasteiger partial charge < -0.3 is 5.32 Å². The van der Waals surface area contributed by atoms with Crippen molar-refractivity contribution in [3.05, 3.63) is 41.2 Å². The third kappa shape index (κ3) is 3.04. The first-order valence-electron chi connectivity index (χ1n) is 5.05. The Hall–Kier alpha value is -1.88. The number of carbonyl (C=O) groups excluding carboxylic acids is 1. The van der Waals surface area contributed by atoms with Crippen molar-refractivity contribution in [2.45, 2.75) is 13.5 Å². The number of aryl methyl sites for hydroxylation is 1. The number of hydrogen-bond donors (Lipinski definition) is 1. The molecule has 0 aliphatic heterocycles. The van der Waals surface area contributed by atoms with E-state index in [1.54, 1.807) is 30.5 Å². The second-order valence-corrected chi connectivity index (χ2v) is 4.02. The Morgan fingerprint density at radius 3 is 2.71 bits per heavy atom. The van der Waals surface area contributed by atoms with Crippen molar-refractivity contribution in [3.63, 3.8) is 0 Å². The summed E-state index contributed by atoms with van der Waals surface area (Å²) in [7, 11) is 0. The summed E-state index contributed by atoms with van der Waals surface area (Å²) in [4.78, 5) is 11.7. The molecular weight excluding hydrogens is 240 g/mol. The fourth-order valence-electron chi connectivity index (χ4n) is 1.33. The molecular formula is C11H11ClN4O. The Morgan fingerprint density at radius 2 is 2.12 bits per heavy atom. The number of anilines is 1. The lowest BCUT2D eigenvalue weighted by Crippen LogP contribution is -2.20. The van der Waals surface area contributed by atoms with Crippen molar-refractivity contribution < 1.29 is 4.79 Å². The number of carbonyl (C=O) groups is 1. The second kappa shape index (κ2) is 4.97. The van der Waals surface area contributed by atoms with E-state index in [0.29, 0.717) is 10.7 Å². The SMILES string of the molecule is Cc1cnnn1CC(=O)Nc1ccc(Cl)cc1. The Bertz CT molecular complexity index is 521. The van der Waals surface area contributed by atoms with Crippen LogP contribution in [0.3, 0.4) is 0 Å². The van der Waals surface area contributed by atoms with Gasteiger partial charge in [-0.05, 0) is 31.2 Å². The molecule has 5 nitrogen and oxygen atoms in total. The lowest BCUT2D eigenvalue weighted by atomic mass is 10.3. The van der Waals surface area contributed by atoms with Gasteiger partial charge in [0.05, 0.1) is 11.9 Å². The third-order valence-corrected chi connectivity index (χ3v) is 2.48. The van der Waals surface area contributed by atoms with Gasteiger partial charge in [0, 0.05) is 10.7 Å². The van der Waals surface area contributed by atoms with E-state index in [9.17, 15) is 4.79 Å². The fourth-order valence-corrected chi connectivity index (χ4v) is 1.46. The summed E-state index contributed by atoms with van der Waals surface area (Å²) in [5, 5.41) is 10.9. The molecule has 1 aromatic heterocycles. The molecule has 17 heavy (non-hydrogen) atoms. The molecule has 0 unspecified atom stereocenters. The van der Waals surface area contributed by atoms with Crippen LogP contribution in [0.4, 0.5) is 5.69 Å². The largest absolute Gasteiger partial charge is 0.324 e. The highest BCUT2D eigenvalue weighted by molar-refractivity contribution is 6.30. The molecule has 0 saturated heterocycles. The molecule has 1 N–H and O–H groups in total. The molecule has 1 aromatic carbocycles. The third-order valence-electron chi connectivity index (χ3n) is 2.23. The van der Waals surface area contributed by atoms with Crippen LogP contribution in [-0.2, 0) is 11.3 Å². The molecule has 88 valence electrons. The van der Waals surface area contributed by atoms with Gasteiger partial charge in [0.25, 0.3) is 0 Å². The number of nitrogens with one attached hydrogen (secondary N) is 1. The molecule has 6 heteroatoms. The maximum absolute atomic E-state index is 11.7. The molecule has 2 rings (SSSR count). The average molecular weight is 251 g/mol. The maximum Gasteiger partial charge on any atom is 0.246 e. The van der Waals surface area contributed by atoms with Gasteiger partial charge in [-0.3, -0.25) is 4.79 Å². The molecule has 0 spiro atoms. The molecule has 0 fully saturated rings. The summed E-state index contributed by atoms with van der Waals surface area (Å²) in [6.07, 6.45) is 1.61. The number of nitrogens with zero attached hydrogens (tertiary/aromatic N) is 3. The van der Waals surface area contributed by atoms with Gasteiger partial charge >= 0.3 is 0 Å². The zero-order valence-corrected chi connectivity index (χ0v) is 9.98. The van der Waals surface area contributed by atoms with Gasteiger partial charge in [0.2, 0.25) is 5.91 Å². The van der Waals surface area contributed by atoms with Crippen LogP contribution < -0.4 is 5.32 Å². The Morgan fingerprint density at radius 1 is 1.41 bits per heavy atom. The molecule has 1 heterocycles. The van der Waals surface area contributed by atoms with E-state index >= 15 is 0 Å². The minimum atomic E-state index is -0.152. The van der Waals surface area contributed by atoms with Gasteiger partial charge in [-0.25, -0.2) is 4.68 Å². The van der Waals surface area contributed by atoms with E-state index in [-0.39, 0.29) is 12.5 Å². The minimum absolute atomic E-state index is 0.147. The Kier molecular flexibility index (Phi) is 3.39. The fraction of sp³-hybridized carbons (Fsp3) is 0.182. The van der Waals surface area contributed by atoms with Crippen LogP contribution in [0.2, 0.25) is 5.02 Å². The first-order valence-corrected chi connectivity index (χ1v) is 5.43. The van der Waals surface area contributed by atoms with E-state index < -0.39 is 0 Å². The monoisotopic (exact) mass is 250 g/mol. The molecule has 1 amide bonds. The van der Waals surface area contributed by atoms with Crippen LogP contribution in [0.1, 0.15) is 5.69 Å². The average Bonchev–Trinajstić information content (AvgIpc) is 2.68. The van der Waals surface area contributed by atoms with Crippen molar-refractivity contribution in [3.8, 4) is 0 Å². The summed E-state index contributed by atoms with van der Waals surface area (Å²) < 4.78 is 1.53. The standard InChI is InChI=1S/C11H11ClN4O/c1-8-6-13-15-16(8)7-11(17)14-10-4-2-9(12)3-5-10/h2-6H,7H2,1H3,(H,14,17). The van der Waals surface area contributed by atoms with E-state index in [0.717, 1.165) is 5.69 Å². The van der Waals surface area contributed by atoms with Crippen LogP contribution >= 0.6 is 11.6 Å². The highest BCUT2D eigenvalue weighted by Gasteiger charge is 2.06. The van der Waals surface area contributed by atoms with Crippen molar-refractivity contribution in [2.75, 3.05) is 5.32 Å². The zero-order valence-electron chi connectivity index (χ0n) is 9.22. The van der Waals surface area contributed by atoms with Crippen LogP contribution in [-0.4, -0.2) is 20.9 Å². The highest BCUT2D eigenvalue weighted by atomic mass is 35.5. The van der Waals surface area contributed by atoms with Crippen LogP contribution in [0.25, 0.3) is 0 Å². The van der Waals surface area contributed by atoms with Crippen LogP contribution in [0.5, 0.6) is 0 Å². The van der Waals surface area contributed by atoms with Crippen molar-refractivity contribution >= 4 is 23.2 Å². The molecule has 0 bridgehead atoms. The predicted octanol–water partition coefficient (Wildman–Crippen LogP) is 1.88. The predicted molar refractivity (Wildman–Crippen MR) is 64.8 cm³/mol. The molecule has 0 atom stereocenters. The van der Waals surface area contributed by atoms with E-state index in [1.165, 1.54) is 4.68 Å². The summed E-state index contributed by atoms with van der Waals surface area (Å²) in [5.74, 6) is -0.152. The smallest absolute Gasteiger partial charge is 0.246 e. The van der Waals surface area contributed by atoms with Gasteiger partial charge in [0.1, 0.15) is 6.54 Å². The van der Waals surface area contributed by atoms with Gasteiger partial charge in [-0.1, -0.05) is 16.8 Å². The van der Waals surface area contributed by atoms with Gasteiger partial charge in [-0.2, -0.15) is 0 Å². The maximum atomic E-state index is 11.7. The van der Waals surface area contributed by atoms with Crippen molar-refractivity contribution in [1.82, 2.24) is 15.0 Å². The van der Waals surface area contributed by atoms with Crippen LogP contribution in [0.15, 0.2) is 30.5 Å². The van der Waals surface area contributed by atoms with E-state index in [4.69, 9.17) is 11.6 Å². The molecule has 0 aliphatic carbocycles. The quantitative estimate of drug-likeness (QED) is 0.905. The van der Waals surface area contributed by atoms with Crippen LogP contribution in [0, 0.1) is 6.92 Å². The number of benzene rings is 1. The Labute approximate surface area is 103 Å². The number of amides is 1. The summed E-state index contributed by atoms with van der Waals surface area (Å²) in [6.45, 7) is 1.99. The summed E-state index contributed by atoms with van der Waals surface area (Å²) in [6, 6.07) is 6.93. The van der Waals surface area contributed by atoms with Crippen molar-refractivity contribution in [2.24, 2.45) is 0 Å². The summed E-state index contributed by atoms with van der Waals surface area (Å²) in [5.41, 5.74) is 1.55. The first-order chi connectivity index (χ1) is 8.15. The van der Waals surface area contributed by atoms with Gasteiger partial charge in [0.15, 0.2) is 0 Å².